The molecule has 0 saturated carbocycles. The minimum absolute atomic E-state index is 0.569. The summed E-state index contributed by atoms with van der Waals surface area (Å²) in [7, 11) is 0. The van der Waals surface area contributed by atoms with Crippen LogP contribution in [0.1, 0.15) is 38.4 Å². The van der Waals surface area contributed by atoms with Crippen LogP contribution in [-0.2, 0) is 6.54 Å². The summed E-state index contributed by atoms with van der Waals surface area (Å²) in [4.78, 5) is 11.5. The van der Waals surface area contributed by atoms with Crippen LogP contribution in [0.4, 0.5) is 11.8 Å². The third-order valence-electron chi connectivity index (χ3n) is 4.02. The van der Waals surface area contributed by atoms with Gasteiger partial charge in [0.2, 0.25) is 5.95 Å². The third kappa shape index (κ3) is 3.35. The molecule has 1 unspecified atom stereocenters. The lowest BCUT2D eigenvalue weighted by Crippen LogP contribution is -2.40. The van der Waals surface area contributed by atoms with Crippen LogP contribution in [0.2, 0.25) is 0 Å². The molecule has 1 N–H and O–H groups in total. The maximum Gasteiger partial charge on any atom is 0.227 e. The van der Waals surface area contributed by atoms with Crippen LogP contribution in [0, 0.1) is 0 Å². The topological polar surface area (TPSA) is 54.2 Å². The van der Waals surface area contributed by atoms with Gasteiger partial charge in [0.1, 0.15) is 11.6 Å². The lowest BCUT2D eigenvalue weighted by Gasteiger charge is -2.35. The molecule has 2 aromatic rings. The largest absolute Gasteiger partial charge is 0.467 e. The first-order valence-electron chi connectivity index (χ1n) is 7.72. The van der Waals surface area contributed by atoms with E-state index in [4.69, 9.17) is 4.42 Å². The molecule has 1 aliphatic rings. The average Bonchev–Trinajstić information content (AvgIpc) is 3.06. The first kappa shape index (κ1) is 13.9. The molecule has 1 saturated heterocycles. The molecule has 0 spiro atoms. The zero-order valence-corrected chi connectivity index (χ0v) is 12.5. The minimum Gasteiger partial charge on any atom is -0.467 e. The normalized spacial score (nSPS) is 18.7. The second-order valence-corrected chi connectivity index (χ2v) is 5.43. The summed E-state index contributed by atoms with van der Waals surface area (Å²) in [5.41, 5.74) is 0. The van der Waals surface area contributed by atoms with E-state index in [1.54, 1.807) is 6.26 Å². The molecule has 0 aliphatic carbocycles. The zero-order valence-electron chi connectivity index (χ0n) is 12.5. The van der Waals surface area contributed by atoms with Crippen LogP contribution < -0.4 is 10.2 Å². The van der Waals surface area contributed by atoms with Gasteiger partial charge in [0.15, 0.2) is 0 Å². The van der Waals surface area contributed by atoms with Crippen molar-refractivity contribution >= 4 is 11.8 Å². The SMILES string of the molecule is CCC1CCCCN1c1nccc(NCc2ccco2)n1. The van der Waals surface area contributed by atoms with E-state index < -0.39 is 0 Å². The van der Waals surface area contributed by atoms with Crippen molar-refractivity contribution < 1.29 is 4.42 Å². The quantitative estimate of drug-likeness (QED) is 0.912. The van der Waals surface area contributed by atoms with Gasteiger partial charge in [-0.2, -0.15) is 4.98 Å². The standard InChI is InChI=1S/C16H22N4O/c1-2-13-6-3-4-10-20(13)16-17-9-8-15(19-16)18-12-14-7-5-11-21-14/h5,7-9,11,13H,2-4,6,10,12H2,1H3,(H,17,18,19). The van der Waals surface area contributed by atoms with Crippen LogP contribution in [0.25, 0.3) is 0 Å². The van der Waals surface area contributed by atoms with E-state index in [-0.39, 0.29) is 0 Å². The molecule has 1 atom stereocenters. The predicted octanol–water partition coefficient (Wildman–Crippen LogP) is 3.45. The molecule has 112 valence electrons. The number of hydrogen-bond acceptors (Lipinski definition) is 5. The van der Waals surface area contributed by atoms with Crippen LogP contribution in [0.5, 0.6) is 0 Å². The fraction of sp³-hybridized carbons (Fsp3) is 0.500. The Labute approximate surface area is 125 Å². The molecule has 0 radical (unpaired) electrons. The number of anilines is 2. The lowest BCUT2D eigenvalue weighted by atomic mass is 10.0. The van der Waals surface area contributed by atoms with Gasteiger partial charge < -0.3 is 14.6 Å². The second kappa shape index (κ2) is 6.61. The first-order valence-corrected chi connectivity index (χ1v) is 7.72. The minimum atomic E-state index is 0.569. The van der Waals surface area contributed by atoms with Gasteiger partial charge in [0, 0.05) is 18.8 Å². The number of furan rings is 1. The molecule has 2 aromatic heterocycles. The summed E-state index contributed by atoms with van der Waals surface area (Å²) < 4.78 is 5.32. The third-order valence-corrected chi connectivity index (χ3v) is 4.02. The van der Waals surface area contributed by atoms with Crippen molar-refractivity contribution in [2.45, 2.75) is 45.2 Å². The summed E-state index contributed by atoms with van der Waals surface area (Å²) in [5.74, 6) is 2.59. The van der Waals surface area contributed by atoms with Gasteiger partial charge in [-0.15, -0.1) is 0 Å². The number of piperidine rings is 1. The summed E-state index contributed by atoms with van der Waals surface area (Å²) in [6, 6.07) is 6.31. The molecular formula is C16H22N4O. The Kier molecular flexibility index (Phi) is 4.38. The molecule has 5 nitrogen and oxygen atoms in total. The van der Waals surface area contributed by atoms with Crippen molar-refractivity contribution in [3.63, 3.8) is 0 Å². The summed E-state index contributed by atoms with van der Waals surface area (Å²) >= 11 is 0. The summed E-state index contributed by atoms with van der Waals surface area (Å²) in [5, 5.41) is 3.29. The molecule has 0 aromatic carbocycles. The van der Waals surface area contributed by atoms with Crippen molar-refractivity contribution in [2.24, 2.45) is 0 Å². The molecule has 1 fully saturated rings. The maximum atomic E-state index is 5.32. The molecule has 5 heteroatoms. The Morgan fingerprint density at radius 2 is 2.33 bits per heavy atom. The molecule has 1 aliphatic heterocycles. The van der Waals surface area contributed by atoms with E-state index in [0.29, 0.717) is 12.6 Å². The predicted molar refractivity (Wildman–Crippen MR) is 83.3 cm³/mol. The highest BCUT2D eigenvalue weighted by Crippen LogP contribution is 2.24. The molecule has 3 heterocycles. The van der Waals surface area contributed by atoms with Crippen molar-refractivity contribution in [3.8, 4) is 0 Å². The van der Waals surface area contributed by atoms with Gasteiger partial charge in [-0.3, -0.25) is 0 Å². The Bertz CT molecular complexity index is 555. The Morgan fingerprint density at radius 3 is 3.14 bits per heavy atom. The van der Waals surface area contributed by atoms with Gasteiger partial charge in [-0.25, -0.2) is 4.98 Å². The zero-order chi connectivity index (χ0) is 14.5. The highest BCUT2D eigenvalue weighted by Gasteiger charge is 2.23. The fourth-order valence-electron chi connectivity index (χ4n) is 2.86. The smallest absolute Gasteiger partial charge is 0.227 e. The van der Waals surface area contributed by atoms with E-state index in [2.05, 4.69) is 27.1 Å². The van der Waals surface area contributed by atoms with Gasteiger partial charge in [-0.1, -0.05) is 6.92 Å². The van der Waals surface area contributed by atoms with Crippen LogP contribution in [0.15, 0.2) is 35.1 Å². The number of nitrogens with one attached hydrogen (secondary N) is 1. The van der Waals surface area contributed by atoms with Gasteiger partial charge >= 0.3 is 0 Å². The highest BCUT2D eigenvalue weighted by atomic mass is 16.3. The number of rotatable bonds is 5. The first-order chi connectivity index (χ1) is 10.4. The van der Waals surface area contributed by atoms with Gasteiger partial charge in [0.05, 0.1) is 12.8 Å². The van der Waals surface area contributed by atoms with Crippen LogP contribution >= 0.6 is 0 Å². The maximum absolute atomic E-state index is 5.32. The Morgan fingerprint density at radius 1 is 1.38 bits per heavy atom. The molecular weight excluding hydrogens is 264 g/mol. The van der Waals surface area contributed by atoms with Crippen molar-refractivity contribution in [1.29, 1.82) is 0 Å². The van der Waals surface area contributed by atoms with Crippen molar-refractivity contribution in [1.82, 2.24) is 9.97 Å². The van der Waals surface area contributed by atoms with E-state index in [1.807, 2.05) is 24.4 Å². The monoisotopic (exact) mass is 286 g/mol. The molecule has 21 heavy (non-hydrogen) atoms. The van der Waals surface area contributed by atoms with E-state index in [9.17, 15) is 0 Å². The summed E-state index contributed by atoms with van der Waals surface area (Å²) in [6.07, 6.45) is 8.43. The Balaban J connectivity index is 1.70. The van der Waals surface area contributed by atoms with Crippen molar-refractivity contribution in [2.75, 3.05) is 16.8 Å². The number of aromatic nitrogens is 2. The van der Waals surface area contributed by atoms with E-state index in [0.717, 1.165) is 30.5 Å². The van der Waals surface area contributed by atoms with E-state index in [1.165, 1.54) is 19.3 Å². The molecule has 0 bridgehead atoms. The van der Waals surface area contributed by atoms with Crippen LogP contribution in [-0.4, -0.2) is 22.6 Å². The second-order valence-electron chi connectivity index (χ2n) is 5.43. The average molecular weight is 286 g/mol. The van der Waals surface area contributed by atoms with Gasteiger partial charge in [0.25, 0.3) is 0 Å². The van der Waals surface area contributed by atoms with Crippen molar-refractivity contribution in [3.05, 3.63) is 36.4 Å². The van der Waals surface area contributed by atoms with Crippen LogP contribution in [0.3, 0.4) is 0 Å². The molecule has 3 rings (SSSR count). The summed E-state index contributed by atoms with van der Waals surface area (Å²) in [6.45, 7) is 3.93. The molecule has 0 amide bonds. The highest BCUT2D eigenvalue weighted by molar-refractivity contribution is 5.42. The Hall–Kier alpha value is -2.04. The fourth-order valence-corrected chi connectivity index (χ4v) is 2.86. The van der Waals surface area contributed by atoms with E-state index >= 15 is 0 Å². The lowest BCUT2D eigenvalue weighted by molar-refractivity contribution is 0.443. The van der Waals surface area contributed by atoms with Gasteiger partial charge in [-0.05, 0) is 43.9 Å². The number of hydrogen-bond donors (Lipinski definition) is 1. The number of nitrogens with zero attached hydrogens (tertiary/aromatic N) is 3.